The summed E-state index contributed by atoms with van der Waals surface area (Å²) in [5.74, 6) is 1.34. The van der Waals surface area contributed by atoms with Gasteiger partial charge in [0.1, 0.15) is 18.0 Å². The fourth-order valence-corrected chi connectivity index (χ4v) is 2.85. The molecule has 0 radical (unpaired) electrons. The number of aromatic nitrogens is 5. The summed E-state index contributed by atoms with van der Waals surface area (Å²) in [4.78, 5) is 14.5. The van der Waals surface area contributed by atoms with Crippen molar-refractivity contribution in [2.75, 3.05) is 18.4 Å². The Morgan fingerprint density at radius 2 is 2.00 bits per heavy atom. The monoisotopic (exact) mass is 333 g/mol. The Morgan fingerprint density at radius 1 is 1.17 bits per heavy atom. The van der Waals surface area contributed by atoms with Gasteiger partial charge in [0.2, 0.25) is 0 Å². The standard InChI is InChI=1S/C13H15N7O2S/c21-23(22,13-8-14-9-18-13)19-4-3-15-11-7-12(17-10-16-11)20-5-1-2-6-20/h1-2,5-10,19H,3-4H2,(H,14,18)(H,15,16,17). The second kappa shape index (κ2) is 6.58. The van der Waals surface area contributed by atoms with E-state index in [-0.39, 0.29) is 11.6 Å². The molecule has 3 N–H and O–H groups in total. The number of rotatable bonds is 7. The summed E-state index contributed by atoms with van der Waals surface area (Å²) in [6, 6.07) is 5.59. The van der Waals surface area contributed by atoms with Crippen LogP contribution in [0.3, 0.4) is 0 Å². The van der Waals surface area contributed by atoms with Crippen molar-refractivity contribution in [3.05, 3.63) is 49.4 Å². The van der Waals surface area contributed by atoms with Gasteiger partial charge in [-0.25, -0.2) is 28.1 Å². The molecule has 0 amide bonds. The van der Waals surface area contributed by atoms with E-state index in [1.165, 1.54) is 18.9 Å². The largest absolute Gasteiger partial charge is 0.369 e. The molecule has 3 aromatic heterocycles. The highest BCUT2D eigenvalue weighted by Crippen LogP contribution is 2.08. The Hall–Kier alpha value is -2.72. The fraction of sp³-hybridized carbons (Fsp3) is 0.154. The number of nitrogens with one attached hydrogen (secondary N) is 3. The van der Waals surface area contributed by atoms with Gasteiger partial charge in [0.25, 0.3) is 10.0 Å². The molecular weight excluding hydrogens is 318 g/mol. The van der Waals surface area contributed by atoms with Crippen molar-refractivity contribution in [2.24, 2.45) is 0 Å². The number of H-pyrrole nitrogens is 1. The molecule has 0 aromatic carbocycles. The number of hydrogen-bond donors (Lipinski definition) is 3. The van der Waals surface area contributed by atoms with Gasteiger partial charge >= 0.3 is 0 Å². The number of anilines is 1. The first-order valence-electron chi connectivity index (χ1n) is 6.82. The molecule has 120 valence electrons. The first-order valence-corrected chi connectivity index (χ1v) is 8.31. The van der Waals surface area contributed by atoms with E-state index in [2.05, 4.69) is 30.0 Å². The van der Waals surface area contributed by atoms with Gasteiger partial charge in [0.05, 0.1) is 12.5 Å². The average molecular weight is 333 g/mol. The van der Waals surface area contributed by atoms with Crippen molar-refractivity contribution < 1.29 is 8.42 Å². The van der Waals surface area contributed by atoms with Crippen LogP contribution in [0.4, 0.5) is 5.82 Å². The lowest BCUT2D eigenvalue weighted by molar-refractivity contribution is 0.579. The predicted molar refractivity (Wildman–Crippen MR) is 83.6 cm³/mol. The normalized spacial score (nSPS) is 11.5. The number of imidazole rings is 1. The zero-order chi connectivity index (χ0) is 16.1. The highest BCUT2D eigenvalue weighted by atomic mass is 32.2. The maximum absolute atomic E-state index is 11.9. The van der Waals surface area contributed by atoms with Crippen LogP contribution in [0.5, 0.6) is 0 Å². The minimum Gasteiger partial charge on any atom is -0.369 e. The number of hydrogen-bond acceptors (Lipinski definition) is 6. The molecule has 0 aliphatic rings. The first kappa shape index (κ1) is 15.2. The Morgan fingerprint density at radius 3 is 2.74 bits per heavy atom. The molecule has 0 bridgehead atoms. The van der Waals surface area contributed by atoms with E-state index in [0.29, 0.717) is 12.4 Å². The van der Waals surface area contributed by atoms with E-state index in [9.17, 15) is 8.42 Å². The van der Waals surface area contributed by atoms with Gasteiger partial charge in [-0.15, -0.1) is 0 Å². The van der Waals surface area contributed by atoms with Gasteiger partial charge in [-0.05, 0) is 12.1 Å². The van der Waals surface area contributed by atoms with Crippen molar-refractivity contribution in [1.29, 1.82) is 0 Å². The quantitative estimate of drug-likeness (QED) is 0.538. The molecule has 0 aliphatic carbocycles. The second-order valence-electron chi connectivity index (χ2n) is 4.59. The minimum atomic E-state index is -3.56. The summed E-state index contributed by atoms with van der Waals surface area (Å²) < 4.78 is 28.1. The molecule has 0 saturated carbocycles. The van der Waals surface area contributed by atoms with Crippen LogP contribution in [0.1, 0.15) is 0 Å². The van der Waals surface area contributed by atoms with E-state index >= 15 is 0 Å². The summed E-state index contributed by atoms with van der Waals surface area (Å²) in [7, 11) is -3.56. The van der Waals surface area contributed by atoms with Crippen LogP contribution in [0, 0.1) is 0 Å². The van der Waals surface area contributed by atoms with Crippen LogP contribution in [0.2, 0.25) is 0 Å². The zero-order valence-electron chi connectivity index (χ0n) is 12.0. The van der Waals surface area contributed by atoms with Crippen molar-refractivity contribution in [1.82, 2.24) is 29.2 Å². The Balaban J connectivity index is 1.54. The number of sulfonamides is 1. The molecule has 0 unspecified atom stereocenters. The summed E-state index contributed by atoms with van der Waals surface area (Å²) in [6.45, 7) is 0.597. The minimum absolute atomic E-state index is 0.0365. The third-order valence-corrected chi connectivity index (χ3v) is 4.39. The molecule has 3 rings (SSSR count). The van der Waals surface area contributed by atoms with Crippen molar-refractivity contribution in [2.45, 2.75) is 5.03 Å². The molecule has 23 heavy (non-hydrogen) atoms. The molecule has 10 heteroatoms. The maximum Gasteiger partial charge on any atom is 0.257 e. The van der Waals surface area contributed by atoms with E-state index in [1.807, 2.05) is 29.1 Å². The van der Waals surface area contributed by atoms with Crippen LogP contribution < -0.4 is 10.0 Å². The molecule has 3 heterocycles. The molecular formula is C13H15N7O2S. The molecule has 3 aromatic rings. The lowest BCUT2D eigenvalue weighted by atomic mass is 10.5. The van der Waals surface area contributed by atoms with Crippen LogP contribution in [0.15, 0.2) is 54.5 Å². The smallest absolute Gasteiger partial charge is 0.257 e. The summed E-state index contributed by atoms with van der Waals surface area (Å²) in [6.07, 6.45) is 7.78. The van der Waals surface area contributed by atoms with Crippen LogP contribution >= 0.6 is 0 Å². The Labute approximate surface area is 132 Å². The first-order chi connectivity index (χ1) is 11.1. The molecule has 0 aliphatic heterocycles. The number of nitrogens with zero attached hydrogens (tertiary/aromatic N) is 4. The van der Waals surface area contributed by atoms with E-state index in [0.717, 1.165) is 5.82 Å². The highest BCUT2D eigenvalue weighted by Gasteiger charge is 2.14. The van der Waals surface area contributed by atoms with Crippen LogP contribution in [-0.4, -0.2) is 46.0 Å². The molecule has 0 fully saturated rings. The van der Waals surface area contributed by atoms with Gasteiger partial charge in [-0.2, -0.15) is 0 Å². The van der Waals surface area contributed by atoms with Crippen molar-refractivity contribution in [3.8, 4) is 5.82 Å². The second-order valence-corrected chi connectivity index (χ2v) is 6.33. The third-order valence-electron chi connectivity index (χ3n) is 3.01. The van der Waals surface area contributed by atoms with Crippen molar-refractivity contribution >= 4 is 15.8 Å². The van der Waals surface area contributed by atoms with E-state index in [4.69, 9.17) is 0 Å². The van der Waals surface area contributed by atoms with Gasteiger partial charge in [0.15, 0.2) is 5.03 Å². The summed E-state index contributed by atoms with van der Waals surface area (Å²) in [5.41, 5.74) is 0. The van der Waals surface area contributed by atoms with Crippen LogP contribution in [0.25, 0.3) is 5.82 Å². The average Bonchev–Trinajstić information content (AvgIpc) is 3.25. The molecule has 0 spiro atoms. The van der Waals surface area contributed by atoms with Gasteiger partial charge < -0.3 is 14.9 Å². The number of aromatic amines is 1. The van der Waals surface area contributed by atoms with Gasteiger partial charge in [-0.1, -0.05) is 0 Å². The summed E-state index contributed by atoms with van der Waals surface area (Å²) >= 11 is 0. The fourth-order valence-electron chi connectivity index (χ4n) is 1.92. The zero-order valence-corrected chi connectivity index (χ0v) is 12.9. The Kier molecular flexibility index (Phi) is 4.35. The topological polar surface area (TPSA) is 118 Å². The SMILES string of the molecule is O=S(=O)(NCCNc1cc(-n2cccc2)ncn1)c1cnc[nH]1. The lowest BCUT2D eigenvalue weighted by Crippen LogP contribution is -2.29. The lowest BCUT2D eigenvalue weighted by Gasteiger charge is -2.08. The third kappa shape index (κ3) is 3.73. The van der Waals surface area contributed by atoms with Gasteiger partial charge in [0, 0.05) is 31.5 Å². The molecule has 0 atom stereocenters. The highest BCUT2D eigenvalue weighted by molar-refractivity contribution is 7.89. The van der Waals surface area contributed by atoms with E-state index < -0.39 is 10.0 Å². The molecule has 9 nitrogen and oxygen atoms in total. The maximum atomic E-state index is 11.9. The van der Waals surface area contributed by atoms with Crippen LogP contribution in [-0.2, 0) is 10.0 Å². The molecule has 0 saturated heterocycles. The van der Waals surface area contributed by atoms with E-state index in [1.54, 1.807) is 6.07 Å². The summed E-state index contributed by atoms with van der Waals surface area (Å²) in [5, 5.41) is 3.08. The Bertz CT molecular complexity index is 844. The van der Waals surface area contributed by atoms with Gasteiger partial charge in [-0.3, -0.25) is 0 Å². The predicted octanol–water partition coefficient (Wildman–Crippen LogP) is 0.381. The van der Waals surface area contributed by atoms with Crippen molar-refractivity contribution in [3.63, 3.8) is 0 Å².